The summed E-state index contributed by atoms with van der Waals surface area (Å²) in [5.41, 5.74) is 3.35. The van der Waals surface area contributed by atoms with Gasteiger partial charge in [0, 0.05) is 6.21 Å². The first kappa shape index (κ1) is 15.0. The fourth-order valence-corrected chi connectivity index (χ4v) is 1.53. The number of hydrogen-bond acceptors (Lipinski definition) is 2. The van der Waals surface area contributed by atoms with Gasteiger partial charge in [-0.15, -0.1) is 0 Å². The maximum Gasteiger partial charge on any atom is 0.178 e. The summed E-state index contributed by atoms with van der Waals surface area (Å²) < 4.78 is 5.41. The van der Waals surface area contributed by atoms with Crippen LogP contribution in [-0.4, -0.2) is 12.9 Å². The molecule has 0 heterocycles. The van der Waals surface area contributed by atoms with Crippen LogP contribution in [0.1, 0.15) is 26.3 Å². The minimum absolute atomic E-state index is 0.328. The molecule has 1 rings (SSSR count). The van der Waals surface area contributed by atoms with E-state index in [1.165, 1.54) is 11.1 Å². The van der Waals surface area contributed by atoms with Gasteiger partial charge in [0.05, 0.1) is 5.76 Å². The van der Waals surface area contributed by atoms with Crippen molar-refractivity contribution < 1.29 is 4.74 Å². The van der Waals surface area contributed by atoms with Crippen LogP contribution in [0.5, 0.6) is 0 Å². The van der Waals surface area contributed by atoms with E-state index in [2.05, 4.69) is 30.6 Å². The van der Waals surface area contributed by atoms with Gasteiger partial charge in [0.1, 0.15) is 0 Å². The molecule has 0 bridgehead atoms. The Balaban J connectivity index is 2.44. The standard InChI is InChI=1S/C17H21NO/c1-14(2)12-16(4)19-13-18-11-10-15(3)17-8-6-5-7-9-17/h5-12H,1,13H2,2-4H3/b15-10+,16-12+,18-11?. The Hall–Kier alpha value is -2.09. The highest BCUT2D eigenvalue weighted by Gasteiger charge is 1.91. The largest absolute Gasteiger partial charge is 0.476 e. The van der Waals surface area contributed by atoms with Crippen LogP contribution < -0.4 is 0 Å². The highest BCUT2D eigenvalue weighted by atomic mass is 16.5. The number of ether oxygens (including phenoxy) is 1. The molecule has 0 unspecified atom stereocenters. The number of allylic oxidation sites excluding steroid dienone is 5. The van der Waals surface area contributed by atoms with Gasteiger partial charge in [-0.05, 0) is 44.1 Å². The molecule has 0 radical (unpaired) electrons. The first-order valence-electron chi connectivity index (χ1n) is 6.28. The van der Waals surface area contributed by atoms with Gasteiger partial charge in [0.2, 0.25) is 0 Å². The van der Waals surface area contributed by atoms with Crippen molar-refractivity contribution in [1.29, 1.82) is 0 Å². The Labute approximate surface area is 115 Å². The van der Waals surface area contributed by atoms with E-state index in [4.69, 9.17) is 4.74 Å². The van der Waals surface area contributed by atoms with Gasteiger partial charge in [-0.1, -0.05) is 42.5 Å². The van der Waals surface area contributed by atoms with Crippen LogP contribution in [-0.2, 0) is 4.74 Å². The zero-order valence-electron chi connectivity index (χ0n) is 11.9. The maximum atomic E-state index is 5.41. The van der Waals surface area contributed by atoms with E-state index >= 15 is 0 Å². The third-order valence-corrected chi connectivity index (χ3v) is 2.48. The van der Waals surface area contributed by atoms with Crippen molar-refractivity contribution in [3.63, 3.8) is 0 Å². The van der Waals surface area contributed by atoms with Crippen LogP contribution in [0.2, 0.25) is 0 Å². The molecule has 0 N–H and O–H groups in total. The molecule has 0 saturated heterocycles. The van der Waals surface area contributed by atoms with E-state index in [1.807, 2.05) is 44.2 Å². The molecule has 100 valence electrons. The topological polar surface area (TPSA) is 21.6 Å². The summed E-state index contributed by atoms with van der Waals surface area (Å²) in [6.07, 6.45) is 5.65. The average molecular weight is 255 g/mol. The van der Waals surface area contributed by atoms with E-state index < -0.39 is 0 Å². The SMILES string of the molecule is C=C(C)/C=C(\C)OCN=C/C=C(\C)c1ccccc1. The predicted molar refractivity (Wildman–Crippen MR) is 83.1 cm³/mol. The van der Waals surface area contributed by atoms with Crippen LogP contribution >= 0.6 is 0 Å². The third-order valence-electron chi connectivity index (χ3n) is 2.48. The van der Waals surface area contributed by atoms with Crippen LogP contribution in [0.15, 0.2) is 65.4 Å². The van der Waals surface area contributed by atoms with E-state index in [1.54, 1.807) is 6.21 Å². The number of aliphatic imine (C=N–C) groups is 1. The van der Waals surface area contributed by atoms with Gasteiger partial charge in [-0.25, -0.2) is 0 Å². The van der Waals surface area contributed by atoms with Crippen LogP contribution in [0.25, 0.3) is 5.57 Å². The highest BCUT2D eigenvalue weighted by molar-refractivity contribution is 5.83. The maximum absolute atomic E-state index is 5.41. The summed E-state index contributed by atoms with van der Waals surface area (Å²) in [5.74, 6) is 0.827. The molecule has 0 aliphatic heterocycles. The van der Waals surface area contributed by atoms with Crippen molar-refractivity contribution in [3.05, 3.63) is 66.0 Å². The zero-order chi connectivity index (χ0) is 14.1. The van der Waals surface area contributed by atoms with Gasteiger partial charge in [0.15, 0.2) is 6.73 Å². The lowest BCUT2D eigenvalue weighted by Crippen LogP contribution is -1.89. The molecule has 0 amide bonds. The summed E-state index contributed by atoms with van der Waals surface area (Å²) >= 11 is 0. The second-order valence-corrected chi connectivity index (χ2v) is 4.42. The molecule has 0 aliphatic carbocycles. The van der Waals surface area contributed by atoms with Crippen molar-refractivity contribution in [2.75, 3.05) is 6.73 Å². The lowest BCUT2D eigenvalue weighted by Gasteiger charge is -2.02. The van der Waals surface area contributed by atoms with Crippen LogP contribution in [0.3, 0.4) is 0 Å². The first-order chi connectivity index (χ1) is 9.09. The zero-order valence-corrected chi connectivity index (χ0v) is 11.9. The predicted octanol–water partition coefficient (Wildman–Crippen LogP) is 4.61. The number of hydrogen-bond donors (Lipinski definition) is 0. The molecule has 2 nitrogen and oxygen atoms in total. The first-order valence-corrected chi connectivity index (χ1v) is 6.28. The highest BCUT2D eigenvalue weighted by Crippen LogP contribution is 2.11. The Bertz CT molecular complexity index is 495. The van der Waals surface area contributed by atoms with E-state index in [9.17, 15) is 0 Å². The third kappa shape index (κ3) is 6.41. The molecule has 0 spiro atoms. The molecule has 19 heavy (non-hydrogen) atoms. The Kier molecular flexibility index (Phi) is 6.37. The van der Waals surface area contributed by atoms with E-state index in [0.717, 1.165) is 11.3 Å². The Morgan fingerprint density at radius 3 is 2.53 bits per heavy atom. The average Bonchev–Trinajstić information content (AvgIpc) is 2.38. The van der Waals surface area contributed by atoms with Crippen molar-refractivity contribution in [2.24, 2.45) is 4.99 Å². The van der Waals surface area contributed by atoms with E-state index in [-0.39, 0.29) is 0 Å². The lowest BCUT2D eigenvalue weighted by atomic mass is 10.1. The summed E-state index contributed by atoms with van der Waals surface area (Å²) in [4.78, 5) is 4.19. The van der Waals surface area contributed by atoms with Crippen molar-refractivity contribution >= 4 is 11.8 Å². The molecule has 1 aromatic carbocycles. The van der Waals surface area contributed by atoms with Crippen LogP contribution in [0, 0.1) is 0 Å². The molecule has 0 aromatic heterocycles. The summed E-state index contributed by atoms with van der Waals surface area (Å²) in [7, 11) is 0. The second kappa shape index (κ2) is 8.09. The van der Waals surface area contributed by atoms with E-state index in [0.29, 0.717) is 6.73 Å². The molecule has 0 atom stereocenters. The smallest absolute Gasteiger partial charge is 0.178 e. The fraction of sp³-hybridized carbons (Fsp3) is 0.235. The monoisotopic (exact) mass is 255 g/mol. The van der Waals surface area contributed by atoms with Gasteiger partial charge in [0.25, 0.3) is 0 Å². The normalized spacial score (nSPS) is 12.8. The number of nitrogens with zero attached hydrogens (tertiary/aromatic N) is 1. The minimum Gasteiger partial charge on any atom is -0.476 e. The molecule has 0 aliphatic rings. The van der Waals surface area contributed by atoms with Gasteiger partial charge in [-0.2, -0.15) is 0 Å². The fourth-order valence-electron chi connectivity index (χ4n) is 1.53. The van der Waals surface area contributed by atoms with Gasteiger partial charge in [-0.3, -0.25) is 4.99 Å². The van der Waals surface area contributed by atoms with Gasteiger partial charge >= 0.3 is 0 Å². The molecule has 1 aromatic rings. The Morgan fingerprint density at radius 1 is 1.21 bits per heavy atom. The molecule has 0 fully saturated rings. The summed E-state index contributed by atoms with van der Waals surface area (Å²) in [6, 6.07) is 10.2. The summed E-state index contributed by atoms with van der Waals surface area (Å²) in [5, 5.41) is 0. The molecular weight excluding hydrogens is 234 g/mol. The molecule has 0 saturated carbocycles. The lowest BCUT2D eigenvalue weighted by molar-refractivity contribution is 0.225. The number of benzene rings is 1. The summed E-state index contributed by atoms with van der Waals surface area (Å²) in [6.45, 7) is 10.0. The van der Waals surface area contributed by atoms with Crippen LogP contribution in [0.4, 0.5) is 0 Å². The molecular formula is C17H21NO. The van der Waals surface area contributed by atoms with Crippen molar-refractivity contribution in [1.82, 2.24) is 0 Å². The second-order valence-electron chi connectivity index (χ2n) is 4.42. The minimum atomic E-state index is 0.328. The quantitative estimate of drug-likeness (QED) is 0.413. The van der Waals surface area contributed by atoms with Crippen molar-refractivity contribution in [3.8, 4) is 0 Å². The van der Waals surface area contributed by atoms with Gasteiger partial charge < -0.3 is 4.74 Å². The van der Waals surface area contributed by atoms with Crippen molar-refractivity contribution in [2.45, 2.75) is 20.8 Å². The number of rotatable bonds is 6. The Morgan fingerprint density at radius 2 is 1.89 bits per heavy atom. The molecule has 2 heteroatoms.